The molecule has 0 radical (unpaired) electrons. The number of carboxylic acid groups (broad SMARTS) is 1. The summed E-state index contributed by atoms with van der Waals surface area (Å²) in [5, 5.41) is 16.5. The molecule has 0 aromatic heterocycles. The van der Waals surface area contributed by atoms with Gasteiger partial charge in [0.05, 0.1) is 12.2 Å². The molecule has 0 spiro atoms. The van der Waals surface area contributed by atoms with Crippen LogP contribution in [-0.4, -0.2) is 28.8 Å². The average molecular weight is 238 g/mol. The first-order chi connectivity index (χ1) is 8.01. The third-order valence-electron chi connectivity index (χ3n) is 1.55. The normalized spacial score (nSPS) is 8.53. The number of phenols is 1. The van der Waals surface area contributed by atoms with E-state index in [9.17, 15) is 9.59 Å². The lowest BCUT2D eigenvalue weighted by Crippen LogP contribution is -2.03. The van der Waals surface area contributed by atoms with Crippen molar-refractivity contribution < 1.29 is 24.5 Å². The zero-order valence-corrected chi connectivity index (χ0v) is 9.42. The Hall–Kier alpha value is -2.30. The second-order valence-electron chi connectivity index (χ2n) is 2.81. The third kappa shape index (κ3) is 6.72. The van der Waals surface area contributed by atoms with E-state index < -0.39 is 5.97 Å². The van der Waals surface area contributed by atoms with Crippen LogP contribution in [0.2, 0.25) is 0 Å². The quantitative estimate of drug-likeness (QED) is 0.620. The maximum atomic E-state index is 11.1. The Morgan fingerprint density at radius 1 is 1.35 bits per heavy atom. The minimum absolute atomic E-state index is 0.142. The Morgan fingerprint density at radius 3 is 2.18 bits per heavy atom. The number of rotatable bonds is 3. The predicted molar refractivity (Wildman–Crippen MR) is 61.9 cm³/mol. The van der Waals surface area contributed by atoms with Gasteiger partial charge in [0, 0.05) is 6.08 Å². The molecule has 5 heteroatoms. The van der Waals surface area contributed by atoms with Gasteiger partial charge in [-0.3, -0.25) is 0 Å². The van der Waals surface area contributed by atoms with Crippen LogP contribution in [0.4, 0.5) is 0 Å². The summed E-state index contributed by atoms with van der Waals surface area (Å²) >= 11 is 0. The molecule has 0 fully saturated rings. The number of ether oxygens (including phenoxy) is 1. The highest BCUT2D eigenvalue weighted by atomic mass is 16.5. The van der Waals surface area contributed by atoms with Crippen molar-refractivity contribution in [3.8, 4) is 5.75 Å². The molecule has 0 saturated heterocycles. The molecule has 1 aromatic carbocycles. The van der Waals surface area contributed by atoms with E-state index in [2.05, 4.69) is 6.58 Å². The Labute approximate surface area is 99.0 Å². The molecule has 1 aromatic rings. The Kier molecular flexibility index (Phi) is 6.85. The van der Waals surface area contributed by atoms with Crippen molar-refractivity contribution in [2.75, 3.05) is 6.61 Å². The van der Waals surface area contributed by atoms with Crippen molar-refractivity contribution in [3.05, 3.63) is 42.5 Å². The molecule has 5 nitrogen and oxygen atoms in total. The lowest BCUT2D eigenvalue weighted by atomic mass is 10.2. The van der Waals surface area contributed by atoms with Crippen molar-refractivity contribution in [2.45, 2.75) is 6.92 Å². The fraction of sp³-hybridized carbons (Fsp3) is 0.167. The standard InChI is InChI=1S/C9H10O3.C3H4O2/c1-2-12-9(11)7-3-5-8(10)6-4-7;1-2-3(4)5/h3-6,10H,2H2,1H3;2H,1H2,(H,4,5). The fourth-order valence-electron chi connectivity index (χ4n) is 0.812. The van der Waals surface area contributed by atoms with Crippen molar-refractivity contribution >= 4 is 11.9 Å². The second-order valence-corrected chi connectivity index (χ2v) is 2.81. The molecule has 0 amide bonds. The SMILES string of the molecule is C=CC(=O)O.CCOC(=O)c1ccc(O)cc1. The van der Waals surface area contributed by atoms with Crippen molar-refractivity contribution in [2.24, 2.45) is 0 Å². The van der Waals surface area contributed by atoms with Gasteiger partial charge in [-0.2, -0.15) is 0 Å². The van der Waals surface area contributed by atoms with Gasteiger partial charge >= 0.3 is 11.9 Å². The van der Waals surface area contributed by atoms with Crippen LogP contribution in [0.25, 0.3) is 0 Å². The zero-order chi connectivity index (χ0) is 13.3. The minimum Gasteiger partial charge on any atom is -0.508 e. The second kappa shape index (κ2) is 7.92. The number of esters is 1. The smallest absolute Gasteiger partial charge is 0.338 e. The van der Waals surface area contributed by atoms with Crippen LogP contribution in [0, 0.1) is 0 Å². The van der Waals surface area contributed by atoms with Crippen molar-refractivity contribution in [3.63, 3.8) is 0 Å². The summed E-state index contributed by atoms with van der Waals surface area (Å²) in [6.07, 6.45) is 0.833. The van der Waals surface area contributed by atoms with Gasteiger partial charge in [-0.1, -0.05) is 6.58 Å². The molecule has 0 aliphatic rings. The maximum Gasteiger partial charge on any atom is 0.338 e. The molecule has 17 heavy (non-hydrogen) atoms. The number of benzene rings is 1. The first-order valence-corrected chi connectivity index (χ1v) is 4.82. The monoisotopic (exact) mass is 238 g/mol. The molecule has 0 aliphatic heterocycles. The first kappa shape index (κ1) is 14.7. The van der Waals surface area contributed by atoms with E-state index in [4.69, 9.17) is 14.9 Å². The lowest BCUT2D eigenvalue weighted by molar-refractivity contribution is -0.131. The van der Waals surface area contributed by atoms with Crippen LogP contribution >= 0.6 is 0 Å². The van der Waals surface area contributed by atoms with Gasteiger partial charge in [-0.05, 0) is 31.2 Å². The summed E-state index contributed by atoms with van der Waals surface area (Å²) < 4.78 is 4.75. The highest BCUT2D eigenvalue weighted by Crippen LogP contribution is 2.10. The number of aromatic hydroxyl groups is 1. The van der Waals surface area contributed by atoms with Gasteiger partial charge in [-0.15, -0.1) is 0 Å². The Bertz CT molecular complexity index is 380. The molecule has 92 valence electrons. The van der Waals surface area contributed by atoms with E-state index in [1.807, 2.05) is 0 Å². The molecule has 2 N–H and O–H groups in total. The summed E-state index contributed by atoms with van der Waals surface area (Å²) in [6.45, 7) is 5.07. The van der Waals surface area contributed by atoms with Gasteiger partial charge in [0.1, 0.15) is 5.75 Å². The van der Waals surface area contributed by atoms with Gasteiger partial charge in [0.2, 0.25) is 0 Å². The summed E-state index contributed by atoms with van der Waals surface area (Å²) in [4.78, 5) is 20.3. The molecule has 1 rings (SSSR count). The largest absolute Gasteiger partial charge is 0.508 e. The fourth-order valence-corrected chi connectivity index (χ4v) is 0.812. The third-order valence-corrected chi connectivity index (χ3v) is 1.55. The van der Waals surface area contributed by atoms with Gasteiger partial charge < -0.3 is 14.9 Å². The van der Waals surface area contributed by atoms with Gasteiger partial charge in [-0.25, -0.2) is 9.59 Å². The molecule has 0 saturated carbocycles. The summed E-state index contributed by atoms with van der Waals surface area (Å²) in [7, 11) is 0. The van der Waals surface area contributed by atoms with Crippen LogP contribution in [0.5, 0.6) is 5.75 Å². The number of hydrogen-bond donors (Lipinski definition) is 2. The molecule has 0 bridgehead atoms. The van der Waals surface area contributed by atoms with E-state index in [0.29, 0.717) is 12.2 Å². The van der Waals surface area contributed by atoms with Gasteiger partial charge in [0.25, 0.3) is 0 Å². The minimum atomic E-state index is -0.981. The molecule has 0 aliphatic carbocycles. The van der Waals surface area contributed by atoms with Crippen LogP contribution in [-0.2, 0) is 9.53 Å². The number of aliphatic carboxylic acids is 1. The maximum absolute atomic E-state index is 11.1. The highest BCUT2D eigenvalue weighted by Gasteiger charge is 2.04. The predicted octanol–water partition coefficient (Wildman–Crippen LogP) is 1.83. The molecule has 0 atom stereocenters. The summed E-state index contributed by atoms with van der Waals surface area (Å²) in [5.41, 5.74) is 0.453. The van der Waals surface area contributed by atoms with Crippen LogP contribution in [0.3, 0.4) is 0 Å². The lowest BCUT2D eigenvalue weighted by Gasteiger charge is -2.00. The summed E-state index contributed by atoms with van der Waals surface area (Å²) in [6, 6.07) is 5.94. The molecule has 0 unspecified atom stereocenters. The topological polar surface area (TPSA) is 83.8 Å². The highest BCUT2D eigenvalue weighted by molar-refractivity contribution is 5.89. The van der Waals surface area contributed by atoms with E-state index >= 15 is 0 Å². The Balaban J connectivity index is 0.000000437. The number of carboxylic acids is 1. The average Bonchev–Trinajstić information content (AvgIpc) is 2.31. The zero-order valence-electron chi connectivity index (χ0n) is 9.42. The molecular formula is C12H14O5. The van der Waals surface area contributed by atoms with Crippen molar-refractivity contribution in [1.29, 1.82) is 0 Å². The van der Waals surface area contributed by atoms with E-state index in [0.717, 1.165) is 6.08 Å². The summed E-state index contributed by atoms with van der Waals surface area (Å²) in [5.74, 6) is -1.20. The van der Waals surface area contributed by atoms with Gasteiger partial charge in [0.15, 0.2) is 0 Å². The van der Waals surface area contributed by atoms with Crippen LogP contribution in [0.1, 0.15) is 17.3 Å². The number of hydrogen-bond acceptors (Lipinski definition) is 4. The molecule has 0 heterocycles. The Morgan fingerprint density at radius 2 is 1.82 bits per heavy atom. The van der Waals surface area contributed by atoms with E-state index in [-0.39, 0.29) is 11.7 Å². The van der Waals surface area contributed by atoms with E-state index in [1.165, 1.54) is 24.3 Å². The number of carbonyl (C=O) groups is 2. The number of phenolic OH excluding ortho intramolecular Hbond substituents is 1. The first-order valence-electron chi connectivity index (χ1n) is 4.82. The van der Waals surface area contributed by atoms with Crippen LogP contribution in [0.15, 0.2) is 36.9 Å². The number of carbonyl (C=O) groups excluding carboxylic acids is 1. The molecular weight excluding hydrogens is 224 g/mol. The van der Waals surface area contributed by atoms with Crippen molar-refractivity contribution in [1.82, 2.24) is 0 Å². The van der Waals surface area contributed by atoms with Crippen LogP contribution < -0.4 is 0 Å². The van der Waals surface area contributed by atoms with E-state index in [1.54, 1.807) is 6.92 Å².